The Kier molecular flexibility index (Phi) is 3.40. The Hall–Kier alpha value is -1.59. The molecule has 5 heteroatoms. The fourth-order valence-corrected chi connectivity index (χ4v) is 2.73. The van der Waals surface area contributed by atoms with E-state index in [0.717, 1.165) is 15.9 Å². The van der Waals surface area contributed by atoms with E-state index >= 15 is 0 Å². The molecule has 3 aromatic rings. The number of hydrogen-bond acceptors (Lipinski definition) is 4. The predicted molar refractivity (Wildman–Crippen MR) is 82.0 cm³/mol. The molecule has 0 aliphatic heterocycles. The normalized spacial score (nSPS) is 10.6. The van der Waals surface area contributed by atoms with E-state index in [-0.39, 0.29) is 0 Å². The van der Waals surface area contributed by atoms with Crippen molar-refractivity contribution < 1.29 is 4.52 Å². The highest BCUT2D eigenvalue weighted by Crippen LogP contribution is 2.31. The van der Waals surface area contributed by atoms with Crippen LogP contribution in [0.15, 0.2) is 50.8 Å². The summed E-state index contributed by atoms with van der Waals surface area (Å²) in [6.07, 6.45) is 0. The van der Waals surface area contributed by atoms with Crippen LogP contribution in [0.2, 0.25) is 0 Å². The van der Waals surface area contributed by atoms with Crippen LogP contribution in [0, 0.1) is 6.92 Å². The average molecular weight is 335 g/mol. The molecule has 2 aromatic heterocycles. The van der Waals surface area contributed by atoms with Gasteiger partial charge in [-0.1, -0.05) is 23.4 Å². The highest BCUT2D eigenvalue weighted by Gasteiger charge is 2.10. The number of aromatic nitrogens is 1. The minimum Gasteiger partial charge on any atom is -0.337 e. The molecular formula is C14H11BrN2OS. The van der Waals surface area contributed by atoms with E-state index in [1.807, 2.05) is 19.1 Å². The van der Waals surface area contributed by atoms with Gasteiger partial charge in [0.2, 0.25) is 5.88 Å². The van der Waals surface area contributed by atoms with E-state index in [2.05, 4.69) is 56.0 Å². The van der Waals surface area contributed by atoms with Crippen LogP contribution in [0.4, 0.5) is 11.6 Å². The highest BCUT2D eigenvalue weighted by molar-refractivity contribution is 9.10. The molecule has 0 bridgehead atoms. The number of nitrogens with one attached hydrogen (secondary N) is 1. The van der Waals surface area contributed by atoms with E-state index in [0.29, 0.717) is 5.88 Å². The Morgan fingerprint density at radius 1 is 1.26 bits per heavy atom. The molecular weight excluding hydrogens is 324 g/mol. The molecule has 0 saturated heterocycles. The molecule has 1 aromatic carbocycles. The molecule has 19 heavy (non-hydrogen) atoms. The minimum atomic E-state index is 0.626. The molecule has 1 N–H and O–H groups in total. The Labute approximate surface area is 123 Å². The van der Waals surface area contributed by atoms with Gasteiger partial charge in [0.25, 0.3) is 0 Å². The zero-order valence-corrected chi connectivity index (χ0v) is 12.6. The second kappa shape index (κ2) is 5.19. The van der Waals surface area contributed by atoms with Crippen LogP contribution >= 0.6 is 27.3 Å². The number of benzene rings is 1. The van der Waals surface area contributed by atoms with Gasteiger partial charge in [0, 0.05) is 10.6 Å². The molecule has 3 nitrogen and oxygen atoms in total. The summed E-state index contributed by atoms with van der Waals surface area (Å²) in [4.78, 5) is 1.25. The summed E-state index contributed by atoms with van der Waals surface area (Å²) in [7, 11) is 0. The molecule has 0 fully saturated rings. The van der Waals surface area contributed by atoms with Crippen LogP contribution in [-0.2, 0) is 0 Å². The first kappa shape index (κ1) is 12.4. The third-order valence-electron chi connectivity index (χ3n) is 2.72. The smallest absolute Gasteiger partial charge is 0.243 e. The summed E-state index contributed by atoms with van der Waals surface area (Å²) >= 11 is 5.17. The van der Waals surface area contributed by atoms with Crippen molar-refractivity contribution in [1.82, 2.24) is 5.16 Å². The summed E-state index contributed by atoms with van der Waals surface area (Å²) in [5.74, 6) is 0.626. The maximum atomic E-state index is 5.22. The van der Waals surface area contributed by atoms with Crippen molar-refractivity contribution in [1.29, 1.82) is 0 Å². The Morgan fingerprint density at radius 2 is 2.16 bits per heavy atom. The minimum absolute atomic E-state index is 0.626. The molecule has 0 spiro atoms. The van der Waals surface area contributed by atoms with Crippen molar-refractivity contribution in [2.75, 3.05) is 5.32 Å². The number of thiophene rings is 1. The van der Waals surface area contributed by atoms with Crippen molar-refractivity contribution in [2.24, 2.45) is 0 Å². The van der Waals surface area contributed by atoms with E-state index in [9.17, 15) is 0 Å². The van der Waals surface area contributed by atoms with Gasteiger partial charge in [-0.15, -0.1) is 11.3 Å². The predicted octanol–water partition coefficient (Wildman–Crippen LogP) is 5.22. The lowest BCUT2D eigenvalue weighted by molar-refractivity contribution is 0.429. The van der Waals surface area contributed by atoms with Gasteiger partial charge in [0.1, 0.15) is 4.47 Å². The van der Waals surface area contributed by atoms with E-state index in [1.165, 1.54) is 10.4 Å². The van der Waals surface area contributed by atoms with Crippen LogP contribution in [-0.4, -0.2) is 5.16 Å². The van der Waals surface area contributed by atoms with Gasteiger partial charge in [0.15, 0.2) is 0 Å². The number of halogens is 1. The first-order valence-electron chi connectivity index (χ1n) is 5.77. The van der Waals surface area contributed by atoms with Crippen LogP contribution in [0.1, 0.15) is 5.69 Å². The van der Waals surface area contributed by atoms with Crippen molar-refractivity contribution in [2.45, 2.75) is 6.92 Å². The largest absolute Gasteiger partial charge is 0.337 e. The van der Waals surface area contributed by atoms with Crippen LogP contribution < -0.4 is 5.32 Å². The summed E-state index contributed by atoms with van der Waals surface area (Å²) in [5, 5.41) is 9.20. The fourth-order valence-electron chi connectivity index (χ4n) is 1.76. The summed E-state index contributed by atoms with van der Waals surface area (Å²) < 4.78 is 6.08. The molecule has 0 aliphatic rings. The van der Waals surface area contributed by atoms with Crippen molar-refractivity contribution >= 4 is 38.8 Å². The first-order valence-corrected chi connectivity index (χ1v) is 7.44. The number of anilines is 2. The van der Waals surface area contributed by atoms with Gasteiger partial charge in [-0.3, -0.25) is 0 Å². The van der Waals surface area contributed by atoms with Crippen LogP contribution in [0.25, 0.3) is 10.4 Å². The maximum absolute atomic E-state index is 5.22. The van der Waals surface area contributed by atoms with E-state index in [1.54, 1.807) is 11.3 Å². The number of nitrogens with zero attached hydrogens (tertiary/aromatic N) is 1. The molecule has 0 aliphatic carbocycles. The SMILES string of the molecule is Cc1noc(Nc2cccc(-c3cccs3)c2)c1Br. The van der Waals surface area contributed by atoms with Gasteiger partial charge in [-0.2, -0.15) is 0 Å². The van der Waals surface area contributed by atoms with Gasteiger partial charge >= 0.3 is 0 Å². The number of rotatable bonds is 3. The summed E-state index contributed by atoms with van der Waals surface area (Å²) in [6, 6.07) is 12.4. The third-order valence-corrected chi connectivity index (χ3v) is 4.57. The first-order chi connectivity index (χ1) is 9.24. The van der Waals surface area contributed by atoms with Crippen LogP contribution in [0.5, 0.6) is 0 Å². The Bertz CT molecular complexity index is 691. The second-order valence-corrected chi connectivity index (χ2v) is 5.83. The molecule has 96 valence electrons. The molecule has 2 heterocycles. The number of aryl methyl sites for hydroxylation is 1. The quantitative estimate of drug-likeness (QED) is 0.713. The monoisotopic (exact) mass is 334 g/mol. The molecule has 0 unspecified atom stereocenters. The lowest BCUT2D eigenvalue weighted by Gasteiger charge is -2.05. The molecule has 3 rings (SSSR count). The Morgan fingerprint density at radius 3 is 2.84 bits per heavy atom. The zero-order valence-electron chi connectivity index (χ0n) is 10.2. The van der Waals surface area contributed by atoms with Crippen molar-refractivity contribution in [3.05, 3.63) is 51.9 Å². The van der Waals surface area contributed by atoms with Gasteiger partial charge in [0.05, 0.1) is 5.69 Å². The zero-order chi connectivity index (χ0) is 13.2. The summed E-state index contributed by atoms with van der Waals surface area (Å²) in [6.45, 7) is 1.89. The second-order valence-electron chi connectivity index (χ2n) is 4.09. The molecule has 0 amide bonds. The van der Waals surface area contributed by atoms with Gasteiger partial charge in [-0.05, 0) is 52.0 Å². The van der Waals surface area contributed by atoms with Gasteiger partial charge < -0.3 is 9.84 Å². The third kappa shape index (κ3) is 2.57. The lowest BCUT2D eigenvalue weighted by Crippen LogP contribution is -1.89. The fraction of sp³-hybridized carbons (Fsp3) is 0.0714. The standard InChI is InChI=1S/C14H11BrN2OS/c1-9-13(15)14(18-17-9)16-11-5-2-4-10(8-11)12-6-3-7-19-12/h2-8,16H,1H3. The lowest BCUT2D eigenvalue weighted by atomic mass is 10.1. The van der Waals surface area contributed by atoms with E-state index in [4.69, 9.17) is 4.52 Å². The average Bonchev–Trinajstić information content (AvgIpc) is 3.05. The highest BCUT2D eigenvalue weighted by atomic mass is 79.9. The maximum Gasteiger partial charge on any atom is 0.243 e. The van der Waals surface area contributed by atoms with Gasteiger partial charge in [-0.25, -0.2) is 0 Å². The summed E-state index contributed by atoms with van der Waals surface area (Å²) in [5.41, 5.74) is 2.99. The molecule has 0 saturated carbocycles. The van der Waals surface area contributed by atoms with Crippen LogP contribution in [0.3, 0.4) is 0 Å². The number of hydrogen-bond donors (Lipinski definition) is 1. The topological polar surface area (TPSA) is 38.1 Å². The molecule has 0 radical (unpaired) electrons. The van der Waals surface area contributed by atoms with Crippen molar-refractivity contribution in [3.8, 4) is 10.4 Å². The van der Waals surface area contributed by atoms with E-state index < -0.39 is 0 Å². The Balaban J connectivity index is 1.90. The van der Waals surface area contributed by atoms with Crippen molar-refractivity contribution in [3.63, 3.8) is 0 Å². The molecule has 0 atom stereocenters.